The number of carbonyl (C=O) groups excluding carboxylic acids is 2. The van der Waals surface area contributed by atoms with E-state index in [4.69, 9.17) is 12.2 Å². The van der Waals surface area contributed by atoms with Crippen LogP contribution in [-0.4, -0.2) is 24.0 Å². The number of hydrogen-bond acceptors (Lipinski definition) is 4. The van der Waals surface area contributed by atoms with Crippen molar-refractivity contribution in [3.8, 4) is 0 Å². The van der Waals surface area contributed by atoms with Crippen molar-refractivity contribution in [1.29, 1.82) is 0 Å². The van der Waals surface area contributed by atoms with Gasteiger partial charge in [-0.2, -0.15) is 0 Å². The standard InChI is InChI=1S/C18H12FI2N3O2S/c1-22-15-12(20)7-9(8-13(15)21)6-10-16(25)23-18(27)24(17(10)26)14-5-3-2-4-11(14)19/h2-8,22H,1H3,(H,23,25,27)/b10-6+. The van der Waals surface area contributed by atoms with Gasteiger partial charge in [-0.3, -0.25) is 14.9 Å². The van der Waals surface area contributed by atoms with E-state index in [-0.39, 0.29) is 16.4 Å². The Morgan fingerprint density at radius 3 is 2.41 bits per heavy atom. The summed E-state index contributed by atoms with van der Waals surface area (Å²) in [6.07, 6.45) is 1.48. The van der Waals surface area contributed by atoms with E-state index in [0.717, 1.165) is 17.7 Å². The van der Waals surface area contributed by atoms with Gasteiger partial charge < -0.3 is 5.32 Å². The molecular formula is C18H12FI2N3O2S. The van der Waals surface area contributed by atoms with Gasteiger partial charge in [0, 0.05) is 14.2 Å². The number of rotatable bonds is 3. The van der Waals surface area contributed by atoms with Crippen LogP contribution in [0.3, 0.4) is 0 Å². The second kappa shape index (κ2) is 8.19. The maximum Gasteiger partial charge on any atom is 0.270 e. The highest BCUT2D eigenvalue weighted by Crippen LogP contribution is 2.29. The molecule has 0 atom stereocenters. The lowest BCUT2D eigenvalue weighted by Crippen LogP contribution is -2.54. The summed E-state index contributed by atoms with van der Waals surface area (Å²) in [7, 11) is 1.82. The summed E-state index contributed by atoms with van der Waals surface area (Å²) in [4.78, 5) is 26.3. The summed E-state index contributed by atoms with van der Waals surface area (Å²) in [5, 5.41) is 5.41. The predicted molar refractivity (Wildman–Crippen MR) is 124 cm³/mol. The summed E-state index contributed by atoms with van der Waals surface area (Å²) in [6.45, 7) is 0. The fourth-order valence-corrected chi connectivity index (χ4v) is 5.22. The molecule has 138 valence electrons. The molecule has 3 rings (SSSR count). The first kappa shape index (κ1) is 20.1. The summed E-state index contributed by atoms with van der Waals surface area (Å²) in [5.41, 5.74) is 1.53. The SMILES string of the molecule is CNc1c(I)cc(/C=C2\C(=O)NC(=S)N(c3ccccc3F)C2=O)cc1I. The molecule has 27 heavy (non-hydrogen) atoms. The predicted octanol–water partition coefficient (Wildman–Crippen LogP) is 3.91. The maximum absolute atomic E-state index is 14.2. The average Bonchev–Trinajstić information content (AvgIpc) is 2.60. The highest BCUT2D eigenvalue weighted by atomic mass is 127. The minimum atomic E-state index is -0.670. The molecule has 1 heterocycles. The molecule has 0 unspecified atom stereocenters. The Morgan fingerprint density at radius 2 is 1.81 bits per heavy atom. The maximum atomic E-state index is 14.2. The number of halogens is 3. The van der Waals surface area contributed by atoms with Crippen LogP contribution in [0.5, 0.6) is 0 Å². The molecule has 0 aromatic heterocycles. The molecule has 9 heteroatoms. The molecule has 1 aliphatic rings. The van der Waals surface area contributed by atoms with Crippen LogP contribution < -0.4 is 15.5 Å². The molecule has 5 nitrogen and oxygen atoms in total. The largest absolute Gasteiger partial charge is 0.386 e. The second-order valence-corrected chi connectivity index (χ2v) is 8.23. The monoisotopic (exact) mass is 607 g/mol. The van der Waals surface area contributed by atoms with Gasteiger partial charge in [-0.1, -0.05) is 12.1 Å². The Bertz CT molecular complexity index is 987. The number of hydrogen-bond donors (Lipinski definition) is 2. The van der Waals surface area contributed by atoms with Crippen LogP contribution in [-0.2, 0) is 9.59 Å². The molecule has 2 N–H and O–H groups in total. The molecule has 0 bridgehead atoms. The normalized spacial score (nSPS) is 15.9. The lowest BCUT2D eigenvalue weighted by molar-refractivity contribution is -0.122. The highest BCUT2D eigenvalue weighted by Gasteiger charge is 2.35. The average molecular weight is 607 g/mol. The van der Waals surface area contributed by atoms with Crippen molar-refractivity contribution in [2.45, 2.75) is 0 Å². The van der Waals surface area contributed by atoms with E-state index in [2.05, 4.69) is 55.8 Å². The van der Waals surface area contributed by atoms with E-state index in [1.54, 1.807) is 6.07 Å². The van der Waals surface area contributed by atoms with Crippen LogP contribution in [0.4, 0.5) is 15.8 Å². The zero-order valence-corrected chi connectivity index (χ0v) is 19.0. The third-order valence-electron chi connectivity index (χ3n) is 3.82. The Kier molecular flexibility index (Phi) is 6.11. The van der Waals surface area contributed by atoms with Crippen LogP contribution >= 0.6 is 57.4 Å². The van der Waals surface area contributed by atoms with E-state index in [1.165, 1.54) is 24.3 Å². The summed E-state index contributed by atoms with van der Waals surface area (Å²) in [5.74, 6) is -1.89. The third kappa shape index (κ3) is 3.99. The highest BCUT2D eigenvalue weighted by molar-refractivity contribution is 14.1. The molecule has 0 spiro atoms. The van der Waals surface area contributed by atoms with Gasteiger partial charge in [-0.25, -0.2) is 9.29 Å². The van der Waals surface area contributed by atoms with Crippen molar-refractivity contribution < 1.29 is 14.0 Å². The Morgan fingerprint density at radius 1 is 1.19 bits per heavy atom. The van der Waals surface area contributed by atoms with E-state index < -0.39 is 17.6 Å². The fraction of sp³-hybridized carbons (Fsp3) is 0.0556. The molecule has 1 saturated heterocycles. The number of para-hydroxylation sites is 1. The van der Waals surface area contributed by atoms with Gasteiger partial charge in [0.05, 0.1) is 11.4 Å². The second-order valence-electron chi connectivity index (χ2n) is 5.52. The summed E-state index contributed by atoms with van der Waals surface area (Å²) in [6, 6.07) is 9.47. The summed E-state index contributed by atoms with van der Waals surface area (Å²) < 4.78 is 16.1. The van der Waals surface area contributed by atoms with Gasteiger partial charge in [0.25, 0.3) is 11.8 Å². The Balaban J connectivity index is 2.06. The zero-order valence-electron chi connectivity index (χ0n) is 13.8. The van der Waals surface area contributed by atoms with E-state index in [9.17, 15) is 14.0 Å². The van der Waals surface area contributed by atoms with Gasteiger partial charge in [0.15, 0.2) is 5.11 Å². The fourth-order valence-electron chi connectivity index (χ4n) is 2.59. The number of amides is 2. The van der Waals surface area contributed by atoms with Gasteiger partial charge >= 0.3 is 0 Å². The molecule has 1 fully saturated rings. The Hall–Kier alpha value is -1.60. The van der Waals surface area contributed by atoms with Crippen LogP contribution in [0.2, 0.25) is 0 Å². The van der Waals surface area contributed by atoms with Crippen molar-refractivity contribution in [1.82, 2.24) is 5.32 Å². The van der Waals surface area contributed by atoms with Gasteiger partial charge in [-0.05, 0) is 93.3 Å². The smallest absolute Gasteiger partial charge is 0.270 e. The molecule has 2 amide bonds. The minimum absolute atomic E-state index is 0.00640. The number of nitrogens with one attached hydrogen (secondary N) is 2. The number of thiocarbonyl (C=S) groups is 1. The topological polar surface area (TPSA) is 61.4 Å². The first-order chi connectivity index (χ1) is 12.8. The van der Waals surface area contributed by atoms with Gasteiger partial charge in [-0.15, -0.1) is 0 Å². The van der Waals surface area contributed by atoms with Crippen LogP contribution in [0.1, 0.15) is 5.56 Å². The van der Waals surface area contributed by atoms with Gasteiger partial charge in [0.1, 0.15) is 11.4 Å². The Labute approximate surface area is 187 Å². The minimum Gasteiger partial charge on any atom is -0.386 e. The van der Waals surface area contributed by atoms with Crippen molar-refractivity contribution >= 4 is 91.8 Å². The van der Waals surface area contributed by atoms with Crippen LogP contribution in [0.15, 0.2) is 42.0 Å². The number of benzene rings is 2. The first-order valence-corrected chi connectivity index (χ1v) is 10.2. The van der Waals surface area contributed by atoms with Crippen LogP contribution in [0.25, 0.3) is 6.08 Å². The van der Waals surface area contributed by atoms with Gasteiger partial charge in [0.2, 0.25) is 0 Å². The number of carbonyl (C=O) groups is 2. The number of nitrogens with zero attached hydrogens (tertiary/aromatic N) is 1. The van der Waals surface area contributed by atoms with Crippen molar-refractivity contribution in [3.63, 3.8) is 0 Å². The molecule has 2 aromatic rings. The molecule has 0 aliphatic carbocycles. The third-order valence-corrected chi connectivity index (χ3v) is 5.81. The lowest BCUT2D eigenvalue weighted by Gasteiger charge is -2.29. The number of anilines is 2. The summed E-state index contributed by atoms with van der Waals surface area (Å²) >= 11 is 9.43. The molecule has 2 aromatic carbocycles. The van der Waals surface area contributed by atoms with E-state index >= 15 is 0 Å². The lowest BCUT2D eigenvalue weighted by atomic mass is 10.1. The van der Waals surface area contributed by atoms with Crippen molar-refractivity contribution in [3.05, 3.63) is 60.5 Å². The zero-order chi connectivity index (χ0) is 19.7. The quantitative estimate of drug-likeness (QED) is 0.241. The molecule has 0 radical (unpaired) electrons. The van der Waals surface area contributed by atoms with E-state index in [1.807, 2.05) is 19.2 Å². The molecular weight excluding hydrogens is 595 g/mol. The first-order valence-electron chi connectivity index (χ1n) is 7.66. The van der Waals surface area contributed by atoms with Crippen molar-refractivity contribution in [2.24, 2.45) is 0 Å². The molecule has 0 saturated carbocycles. The molecule has 1 aliphatic heterocycles. The van der Waals surface area contributed by atoms with Crippen LogP contribution in [0, 0.1) is 13.0 Å². The van der Waals surface area contributed by atoms with E-state index in [0.29, 0.717) is 5.56 Å². The van der Waals surface area contributed by atoms with Crippen molar-refractivity contribution in [2.75, 3.05) is 17.3 Å².